The summed E-state index contributed by atoms with van der Waals surface area (Å²) in [6, 6.07) is 6.85. The molecule has 2 N–H and O–H groups in total. The Morgan fingerprint density at radius 1 is 1.17 bits per heavy atom. The minimum Gasteiger partial charge on any atom is -0.478 e. The molecule has 152 valence electrons. The van der Waals surface area contributed by atoms with Gasteiger partial charge in [0.15, 0.2) is 12.7 Å². The summed E-state index contributed by atoms with van der Waals surface area (Å²) >= 11 is 0. The fourth-order valence-corrected chi connectivity index (χ4v) is 3.09. The van der Waals surface area contributed by atoms with Crippen molar-refractivity contribution in [2.24, 2.45) is 0 Å². The molecule has 1 aliphatic rings. The summed E-state index contributed by atoms with van der Waals surface area (Å²) in [6.45, 7) is 2.70. The molecule has 2 aromatic rings. The first-order valence-corrected chi connectivity index (χ1v) is 8.84. The van der Waals surface area contributed by atoms with E-state index >= 15 is 0 Å². The van der Waals surface area contributed by atoms with Crippen LogP contribution in [0.1, 0.15) is 38.5 Å². The van der Waals surface area contributed by atoms with Crippen LogP contribution < -0.4 is 10.1 Å². The van der Waals surface area contributed by atoms with Crippen LogP contribution in [0.4, 0.5) is 5.69 Å². The average Bonchev–Trinajstić information content (AvgIpc) is 3.00. The van der Waals surface area contributed by atoms with Crippen LogP contribution in [-0.4, -0.2) is 48.4 Å². The third kappa shape index (κ3) is 4.13. The molecule has 1 amide bonds. The summed E-state index contributed by atoms with van der Waals surface area (Å²) in [4.78, 5) is 51.2. The number of aromatic nitrogens is 1. The molecule has 9 heteroatoms. The first-order chi connectivity index (χ1) is 13.8. The van der Waals surface area contributed by atoms with Crippen LogP contribution in [0.25, 0.3) is 0 Å². The van der Waals surface area contributed by atoms with Gasteiger partial charge in [0.2, 0.25) is 5.78 Å². The molecule has 1 aromatic carbocycles. The molecule has 0 aliphatic carbocycles. The van der Waals surface area contributed by atoms with Gasteiger partial charge in [-0.25, -0.2) is 4.79 Å². The van der Waals surface area contributed by atoms with Crippen LogP contribution in [0.15, 0.2) is 24.3 Å². The number of fused-ring (bicyclic) bond motifs is 1. The predicted octanol–water partition coefficient (Wildman–Crippen LogP) is 1.93. The topological polar surface area (TPSA) is 124 Å². The lowest BCUT2D eigenvalue weighted by molar-refractivity contribution is -0.146. The van der Waals surface area contributed by atoms with Crippen molar-refractivity contribution in [3.8, 4) is 5.75 Å². The number of methoxy groups -OCH3 is 1. The number of carbonyl (C=O) groups is 4. The van der Waals surface area contributed by atoms with Gasteiger partial charge in [-0.05, 0) is 31.5 Å². The van der Waals surface area contributed by atoms with E-state index in [1.165, 1.54) is 7.11 Å². The highest BCUT2D eigenvalue weighted by Crippen LogP contribution is 2.29. The van der Waals surface area contributed by atoms with Gasteiger partial charge in [0.1, 0.15) is 5.75 Å². The zero-order valence-electron chi connectivity index (χ0n) is 16.2. The Labute approximate surface area is 166 Å². The molecule has 3 rings (SSSR count). The number of benzene rings is 1. The second-order valence-electron chi connectivity index (χ2n) is 6.50. The number of hydrogen-bond acceptors (Lipinski definition) is 7. The van der Waals surface area contributed by atoms with E-state index in [4.69, 9.17) is 14.2 Å². The maximum atomic E-state index is 12.4. The number of anilines is 1. The SMILES string of the molecule is COC(=O)c1c(C)[nH]c(C(=O)COC(=O)CC2Oc3ccccc3NC2=O)c1C. The number of ether oxygens (including phenoxy) is 3. The molecule has 0 spiro atoms. The van der Waals surface area contributed by atoms with Crippen molar-refractivity contribution in [2.75, 3.05) is 19.0 Å². The van der Waals surface area contributed by atoms with Crippen molar-refractivity contribution >= 4 is 29.3 Å². The van der Waals surface area contributed by atoms with E-state index in [0.29, 0.717) is 22.7 Å². The second kappa shape index (κ2) is 8.17. The minimum atomic E-state index is -1.05. The van der Waals surface area contributed by atoms with Crippen molar-refractivity contribution in [3.63, 3.8) is 0 Å². The lowest BCUT2D eigenvalue weighted by atomic mass is 10.1. The van der Waals surface area contributed by atoms with Crippen molar-refractivity contribution in [1.29, 1.82) is 0 Å². The van der Waals surface area contributed by atoms with E-state index in [9.17, 15) is 19.2 Å². The van der Waals surface area contributed by atoms with E-state index in [1.807, 2.05) is 0 Å². The number of ketones is 1. The number of nitrogens with one attached hydrogen (secondary N) is 2. The fraction of sp³-hybridized carbons (Fsp3) is 0.300. The summed E-state index contributed by atoms with van der Waals surface area (Å²) in [5.74, 6) is -1.84. The molecular weight excluding hydrogens is 380 g/mol. The van der Waals surface area contributed by atoms with E-state index in [-0.39, 0.29) is 17.7 Å². The van der Waals surface area contributed by atoms with Crippen molar-refractivity contribution in [2.45, 2.75) is 26.4 Å². The van der Waals surface area contributed by atoms with Gasteiger partial charge in [0.05, 0.1) is 30.5 Å². The first-order valence-electron chi connectivity index (χ1n) is 8.84. The summed E-state index contributed by atoms with van der Waals surface area (Å²) in [7, 11) is 1.25. The van der Waals surface area contributed by atoms with E-state index in [1.54, 1.807) is 38.1 Å². The monoisotopic (exact) mass is 400 g/mol. The molecule has 0 radical (unpaired) electrons. The minimum absolute atomic E-state index is 0.163. The predicted molar refractivity (Wildman–Crippen MR) is 101 cm³/mol. The zero-order valence-corrected chi connectivity index (χ0v) is 16.2. The number of carbonyl (C=O) groups excluding carboxylic acids is 4. The van der Waals surface area contributed by atoms with Crippen LogP contribution >= 0.6 is 0 Å². The molecule has 0 bridgehead atoms. The van der Waals surface area contributed by atoms with Crippen molar-refractivity contribution in [3.05, 3.63) is 46.8 Å². The molecule has 0 fully saturated rings. The van der Waals surface area contributed by atoms with Gasteiger partial charge in [-0.3, -0.25) is 14.4 Å². The molecule has 1 aliphatic heterocycles. The average molecular weight is 400 g/mol. The highest BCUT2D eigenvalue weighted by atomic mass is 16.5. The van der Waals surface area contributed by atoms with Gasteiger partial charge in [0.25, 0.3) is 5.91 Å². The molecule has 29 heavy (non-hydrogen) atoms. The number of esters is 2. The first kappa shape index (κ1) is 20.1. The summed E-state index contributed by atoms with van der Waals surface area (Å²) in [6.07, 6.45) is -1.39. The normalized spacial score (nSPS) is 15.0. The highest BCUT2D eigenvalue weighted by molar-refractivity contribution is 6.03. The maximum absolute atomic E-state index is 12.4. The van der Waals surface area contributed by atoms with E-state index in [2.05, 4.69) is 10.3 Å². The maximum Gasteiger partial charge on any atom is 0.339 e. The van der Waals surface area contributed by atoms with Gasteiger partial charge >= 0.3 is 11.9 Å². The molecule has 1 unspecified atom stereocenters. The Hall–Kier alpha value is -3.62. The van der Waals surface area contributed by atoms with E-state index in [0.717, 1.165) is 0 Å². The van der Waals surface area contributed by atoms with Crippen molar-refractivity contribution in [1.82, 2.24) is 4.98 Å². The number of amides is 1. The molecule has 1 atom stereocenters. The van der Waals surface area contributed by atoms with Gasteiger partial charge in [-0.1, -0.05) is 12.1 Å². The lowest BCUT2D eigenvalue weighted by Crippen LogP contribution is -2.39. The smallest absolute Gasteiger partial charge is 0.339 e. The summed E-state index contributed by atoms with van der Waals surface area (Å²) in [5.41, 5.74) is 1.86. The van der Waals surface area contributed by atoms with Gasteiger partial charge < -0.3 is 24.5 Å². The van der Waals surface area contributed by atoms with Crippen LogP contribution in [0.2, 0.25) is 0 Å². The van der Waals surface area contributed by atoms with Gasteiger partial charge in [0, 0.05) is 5.69 Å². The molecule has 0 saturated carbocycles. The summed E-state index contributed by atoms with van der Waals surface area (Å²) in [5, 5.41) is 2.65. The second-order valence-corrected chi connectivity index (χ2v) is 6.50. The molecule has 9 nitrogen and oxygen atoms in total. The number of hydrogen-bond donors (Lipinski definition) is 2. The van der Waals surface area contributed by atoms with Crippen LogP contribution in [-0.2, 0) is 19.1 Å². The lowest BCUT2D eigenvalue weighted by Gasteiger charge is -2.25. The van der Waals surface area contributed by atoms with Crippen LogP contribution in [0, 0.1) is 13.8 Å². The van der Waals surface area contributed by atoms with Crippen molar-refractivity contribution < 1.29 is 33.4 Å². The number of H-pyrrole nitrogens is 1. The third-order valence-electron chi connectivity index (χ3n) is 4.53. The fourth-order valence-electron chi connectivity index (χ4n) is 3.09. The third-order valence-corrected chi connectivity index (χ3v) is 4.53. The number of rotatable bonds is 6. The number of aromatic amines is 1. The Morgan fingerprint density at radius 3 is 2.62 bits per heavy atom. The standard InChI is InChI=1S/C20H20N2O7/c1-10-17(20(26)27-3)11(2)21-18(10)13(23)9-28-16(24)8-15-19(25)22-12-6-4-5-7-14(12)29-15/h4-7,15,21H,8-9H2,1-3H3,(H,22,25). The van der Waals surface area contributed by atoms with Gasteiger partial charge in [-0.2, -0.15) is 0 Å². The molecular formula is C20H20N2O7. The van der Waals surface area contributed by atoms with Crippen LogP contribution in [0.5, 0.6) is 5.75 Å². The van der Waals surface area contributed by atoms with Gasteiger partial charge in [-0.15, -0.1) is 0 Å². The molecule has 0 saturated heterocycles. The Morgan fingerprint density at radius 2 is 1.90 bits per heavy atom. The Balaban J connectivity index is 1.59. The van der Waals surface area contributed by atoms with Crippen LogP contribution in [0.3, 0.4) is 0 Å². The van der Waals surface area contributed by atoms with E-state index < -0.39 is 36.3 Å². The Kier molecular flexibility index (Phi) is 5.67. The highest BCUT2D eigenvalue weighted by Gasteiger charge is 2.30. The number of para-hydroxylation sites is 2. The zero-order chi connectivity index (χ0) is 21.1. The number of aryl methyl sites for hydroxylation is 1. The number of Topliss-reactive ketones (excluding diaryl/α,β-unsaturated/α-hetero) is 1. The largest absolute Gasteiger partial charge is 0.478 e. The quantitative estimate of drug-likeness (QED) is 0.561. The Bertz CT molecular complexity index is 993. The summed E-state index contributed by atoms with van der Waals surface area (Å²) < 4.78 is 15.2. The molecule has 2 heterocycles. The molecule has 1 aromatic heterocycles.